The van der Waals surface area contributed by atoms with Gasteiger partial charge in [0, 0.05) is 18.8 Å². The van der Waals surface area contributed by atoms with E-state index in [1.165, 1.54) is 25.9 Å². The molecule has 1 aliphatic rings. The molecule has 5 heteroatoms. The lowest BCUT2D eigenvalue weighted by atomic mass is 10.0. The zero-order valence-electron chi connectivity index (χ0n) is 14.3. The van der Waals surface area contributed by atoms with Crippen molar-refractivity contribution in [1.82, 2.24) is 4.90 Å². The lowest BCUT2D eigenvalue weighted by Crippen LogP contribution is -2.37. The molecule has 1 saturated heterocycles. The number of nitrogens with zero attached hydrogens (tertiary/aromatic N) is 1. The fourth-order valence-corrected chi connectivity index (χ4v) is 2.80. The normalized spacial score (nSPS) is 19.4. The van der Waals surface area contributed by atoms with Crippen LogP contribution in [-0.4, -0.2) is 41.4 Å². The van der Waals surface area contributed by atoms with Gasteiger partial charge in [0.05, 0.1) is 4.32 Å². The van der Waals surface area contributed by atoms with E-state index in [0.29, 0.717) is 6.61 Å². The number of carbonyl (C=O) groups excluding carboxylic acids is 1. The van der Waals surface area contributed by atoms with Gasteiger partial charge in [0.1, 0.15) is 12.4 Å². The van der Waals surface area contributed by atoms with Crippen LogP contribution in [0.4, 0.5) is 5.69 Å². The van der Waals surface area contributed by atoms with Crippen LogP contribution in [0.2, 0.25) is 0 Å². The highest BCUT2D eigenvalue weighted by Gasteiger charge is 2.23. The number of rotatable bonds is 6. The highest BCUT2D eigenvalue weighted by atomic mass is 79.9. The van der Waals surface area contributed by atoms with Crippen LogP contribution in [0.3, 0.4) is 0 Å². The van der Waals surface area contributed by atoms with Crippen LogP contribution >= 0.6 is 15.9 Å². The SMILES string of the molecule is C[C@@H]1CCCN(CCOc2ccc(NC(=O)C(C)(C)Br)cc2)C1. The van der Waals surface area contributed by atoms with Crippen LogP contribution in [-0.2, 0) is 4.79 Å². The van der Waals surface area contributed by atoms with Gasteiger partial charge in [-0.25, -0.2) is 0 Å². The maximum absolute atomic E-state index is 11.9. The van der Waals surface area contributed by atoms with Crippen LogP contribution in [0.25, 0.3) is 0 Å². The molecular formula is C18H27BrN2O2. The van der Waals surface area contributed by atoms with E-state index in [1.54, 1.807) is 0 Å². The Morgan fingerprint density at radius 1 is 1.39 bits per heavy atom. The second kappa shape index (κ2) is 8.15. The van der Waals surface area contributed by atoms with Crippen molar-refractivity contribution in [3.8, 4) is 5.75 Å². The Morgan fingerprint density at radius 3 is 2.70 bits per heavy atom. The quantitative estimate of drug-likeness (QED) is 0.758. The Bertz CT molecular complexity index is 511. The first-order chi connectivity index (χ1) is 10.8. The summed E-state index contributed by atoms with van der Waals surface area (Å²) in [7, 11) is 0. The number of hydrogen-bond donors (Lipinski definition) is 1. The molecule has 128 valence electrons. The number of amides is 1. The third-order valence-corrected chi connectivity index (χ3v) is 4.43. The van der Waals surface area contributed by atoms with E-state index >= 15 is 0 Å². The van der Waals surface area contributed by atoms with Crippen molar-refractivity contribution < 1.29 is 9.53 Å². The molecule has 1 fully saturated rings. The van der Waals surface area contributed by atoms with E-state index in [2.05, 4.69) is 33.1 Å². The molecule has 0 aromatic heterocycles. The van der Waals surface area contributed by atoms with Crippen molar-refractivity contribution in [3.63, 3.8) is 0 Å². The number of halogens is 1. The topological polar surface area (TPSA) is 41.6 Å². The first kappa shape index (κ1) is 18.3. The molecule has 4 nitrogen and oxygen atoms in total. The molecule has 0 bridgehead atoms. The zero-order chi connectivity index (χ0) is 16.9. The summed E-state index contributed by atoms with van der Waals surface area (Å²) < 4.78 is 5.23. The van der Waals surface area contributed by atoms with Gasteiger partial charge in [0.2, 0.25) is 5.91 Å². The van der Waals surface area contributed by atoms with Crippen molar-refractivity contribution in [2.45, 2.75) is 37.9 Å². The van der Waals surface area contributed by atoms with Gasteiger partial charge in [-0.15, -0.1) is 0 Å². The highest BCUT2D eigenvalue weighted by molar-refractivity contribution is 9.10. The molecule has 1 aromatic rings. The van der Waals surface area contributed by atoms with Crippen molar-refractivity contribution in [2.24, 2.45) is 5.92 Å². The second-order valence-electron chi connectivity index (χ2n) is 6.85. The maximum Gasteiger partial charge on any atom is 0.240 e. The largest absolute Gasteiger partial charge is 0.492 e. The Kier molecular flexibility index (Phi) is 6.48. The molecule has 1 atom stereocenters. The number of hydrogen-bond acceptors (Lipinski definition) is 3. The standard InChI is InChI=1S/C18H27BrN2O2/c1-14-5-4-10-21(13-14)11-12-23-16-8-6-15(7-9-16)20-17(22)18(2,3)19/h6-9,14H,4-5,10-13H2,1-3H3,(H,20,22)/t14-/m1/s1. The Balaban J connectivity index is 1.75. The van der Waals surface area contributed by atoms with Crippen LogP contribution < -0.4 is 10.1 Å². The molecule has 0 radical (unpaired) electrons. The molecule has 1 amide bonds. The van der Waals surface area contributed by atoms with Crippen LogP contribution in [0.1, 0.15) is 33.6 Å². The number of nitrogens with one attached hydrogen (secondary N) is 1. The monoisotopic (exact) mass is 382 g/mol. The third kappa shape index (κ3) is 6.15. The third-order valence-electron chi connectivity index (χ3n) is 4.07. The number of piperidine rings is 1. The van der Waals surface area contributed by atoms with Gasteiger partial charge in [-0.1, -0.05) is 22.9 Å². The molecule has 1 N–H and O–H groups in total. The minimum atomic E-state index is -0.576. The molecule has 0 spiro atoms. The molecular weight excluding hydrogens is 356 g/mol. The Morgan fingerprint density at radius 2 is 2.09 bits per heavy atom. The minimum absolute atomic E-state index is 0.0645. The summed E-state index contributed by atoms with van der Waals surface area (Å²) >= 11 is 3.35. The lowest BCUT2D eigenvalue weighted by molar-refractivity contribution is -0.117. The number of carbonyl (C=O) groups is 1. The first-order valence-electron chi connectivity index (χ1n) is 8.30. The molecule has 23 heavy (non-hydrogen) atoms. The number of benzene rings is 1. The number of alkyl halides is 1. The summed E-state index contributed by atoms with van der Waals surface area (Å²) in [6, 6.07) is 7.54. The number of ether oxygens (including phenoxy) is 1. The molecule has 0 saturated carbocycles. The highest BCUT2D eigenvalue weighted by Crippen LogP contribution is 2.21. The van der Waals surface area contributed by atoms with Crippen molar-refractivity contribution >= 4 is 27.5 Å². The fourth-order valence-electron chi connectivity index (χ4n) is 2.70. The molecule has 0 aliphatic carbocycles. The molecule has 1 aliphatic heterocycles. The number of anilines is 1. The van der Waals surface area contributed by atoms with Crippen LogP contribution in [0.15, 0.2) is 24.3 Å². The predicted molar refractivity (Wildman–Crippen MR) is 98.4 cm³/mol. The second-order valence-corrected chi connectivity index (χ2v) is 8.83. The average Bonchev–Trinajstić information content (AvgIpc) is 2.48. The van der Waals surface area contributed by atoms with Gasteiger partial charge in [-0.3, -0.25) is 9.69 Å². The summed E-state index contributed by atoms with van der Waals surface area (Å²) in [6.45, 7) is 9.99. The van der Waals surface area contributed by atoms with Gasteiger partial charge in [0.25, 0.3) is 0 Å². The first-order valence-corrected chi connectivity index (χ1v) is 9.09. The van der Waals surface area contributed by atoms with Gasteiger partial charge < -0.3 is 10.1 Å². The van der Waals surface area contributed by atoms with E-state index in [-0.39, 0.29) is 5.91 Å². The van der Waals surface area contributed by atoms with Crippen molar-refractivity contribution in [2.75, 3.05) is 31.6 Å². The minimum Gasteiger partial charge on any atom is -0.492 e. The van der Waals surface area contributed by atoms with E-state index in [0.717, 1.165) is 23.9 Å². The maximum atomic E-state index is 11.9. The fraction of sp³-hybridized carbons (Fsp3) is 0.611. The lowest BCUT2D eigenvalue weighted by Gasteiger charge is -2.30. The molecule has 1 heterocycles. The van der Waals surface area contributed by atoms with Crippen LogP contribution in [0.5, 0.6) is 5.75 Å². The predicted octanol–water partition coefficient (Wildman–Crippen LogP) is 3.91. The zero-order valence-corrected chi connectivity index (χ0v) is 15.9. The summed E-state index contributed by atoms with van der Waals surface area (Å²) in [6.07, 6.45) is 2.63. The van der Waals surface area contributed by atoms with E-state index in [4.69, 9.17) is 4.74 Å². The van der Waals surface area contributed by atoms with Crippen molar-refractivity contribution in [1.29, 1.82) is 0 Å². The number of likely N-dealkylation sites (tertiary alicyclic amines) is 1. The smallest absolute Gasteiger partial charge is 0.240 e. The summed E-state index contributed by atoms with van der Waals surface area (Å²) in [5, 5.41) is 2.87. The van der Waals surface area contributed by atoms with E-state index in [9.17, 15) is 4.79 Å². The Hall–Kier alpha value is -1.07. The molecule has 2 rings (SSSR count). The van der Waals surface area contributed by atoms with Crippen LogP contribution in [0, 0.1) is 5.92 Å². The Labute approximate surface area is 147 Å². The van der Waals surface area contributed by atoms with Gasteiger partial charge in [-0.2, -0.15) is 0 Å². The average molecular weight is 383 g/mol. The van der Waals surface area contributed by atoms with Gasteiger partial charge in [-0.05, 0) is 63.4 Å². The summed E-state index contributed by atoms with van der Waals surface area (Å²) in [4.78, 5) is 14.4. The molecule has 1 aromatic carbocycles. The summed E-state index contributed by atoms with van der Waals surface area (Å²) in [5.41, 5.74) is 0.778. The van der Waals surface area contributed by atoms with Gasteiger partial charge in [0.15, 0.2) is 0 Å². The van der Waals surface area contributed by atoms with E-state index in [1.807, 2.05) is 38.1 Å². The summed E-state index contributed by atoms with van der Waals surface area (Å²) in [5.74, 6) is 1.57. The van der Waals surface area contributed by atoms with E-state index < -0.39 is 4.32 Å². The molecule has 0 unspecified atom stereocenters. The van der Waals surface area contributed by atoms with Gasteiger partial charge >= 0.3 is 0 Å². The van der Waals surface area contributed by atoms with Crippen molar-refractivity contribution in [3.05, 3.63) is 24.3 Å².